The van der Waals surface area contributed by atoms with Crippen molar-refractivity contribution in [2.45, 2.75) is 32.5 Å². The Balaban J connectivity index is 2.70. The van der Waals surface area contributed by atoms with E-state index >= 15 is 0 Å². The second kappa shape index (κ2) is 7.64. The Kier molecular flexibility index (Phi) is 6.49. The van der Waals surface area contributed by atoms with Crippen LogP contribution >= 0.6 is 0 Å². The van der Waals surface area contributed by atoms with E-state index in [1.807, 2.05) is 7.05 Å². The number of nitrogens with one attached hydrogen (secondary N) is 1. The average Bonchev–Trinajstić information content (AvgIpc) is 2.43. The zero-order valence-corrected chi connectivity index (χ0v) is 12.3. The maximum absolute atomic E-state index is 12.5. The lowest BCUT2D eigenvalue weighted by atomic mass is 10.0. The Labute approximate surface area is 119 Å². The number of halogens is 3. The van der Waals surface area contributed by atoms with Crippen LogP contribution in [0.5, 0.6) is 0 Å². The molecule has 5 heteroatoms. The van der Waals surface area contributed by atoms with Crippen LogP contribution in [-0.2, 0) is 6.18 Å². The average molecular weight is 288 g/mol. The van der Waals surface area contributed by atoms with Gasteiger partial charge in [0.1, 0.15) is 0 Å². The third-order valence-electron chi connectivity index (χ3n) is 3.62. The van der Waals surface area contributed by atoms with Gasteiger partial charge in [-0.05, 0) is 50.8 Å². The summed E-state index contributed by atoms with van der Waals surface area (Å²) >= 11 is 0. The number of nitrogens with zero attached hydrogens (tertiary/aromatic N) is 1. The summed E-state index contributed by atoms with van der Waals surface area (Å²) in [7, 11) is 1.84. The van der Waals surface area contributed by atoms with Crippen molar-refractivity contribution >= 4 is 0 Å². The number of alkyl halides is 3. The van der Waals surface area contributed by atoms with Crippen LogP contribution < -0.4 is 5.32 Å². The largest absolute Gasteiger partial charge is 0.416 e. The van der Waals surface area contributed by atoms with Gasteiger partial charge in [0, 0.05) is 6.04 Å². The Morgan fingerprint density at radius 2 is 1.65 bits per heavy atom. The van der Waals surface area contributed by atoms with E-state index in [1.165, 1.54) is 0 Å². The zero-order chi connectivity index (χ0) is 15.2. The molecule has 1 rings (SSSR count). The molecule has 0 radical (unpaired) electrons. The highest BCUT2D eigenvalue weighted by Crippen LogP contribution is 2.30. The molecular weight excluding hydrogens is 265 g/mol. The molecule has 0 heterocycles. The van der Waals surface area contributed by atoms with E-state index in [9.17, 15) is 13.2 Å². The van der Waals surface area contributed by atoms with Gasteiger partial charge >= 0.3 is 6.18 Å². The van der Waals surface area contributed by atoms with E-state index in [0.29, 0.717) is 0 Å². The maximum atomic E-state index is 12.5. The molecule has 0 aliphatic rings. The molecule has 0 spiro atoms. The van der Waals surface area contributed by atoms with Crippen molar-refractivity contribution in [1.82, 2.24) is 10.2 Å². The predicted molar refractivity (Wildman–Crippen MR) is 75.6 cm³/mol. The van der Waals surface area contributed by atoms with Gasteiger partial charge in [0.2, 0.25) is 0 Å². The van der Waals surface area contributed by atoms with Crippen molar-refractivity contribution in [3.63, 3.8) is 0 Å². The van der Waals surface area contributed by atoms with Gasteiger partial charge in [-0.3, -0.25) is 0 Å². The van der Waals surface area contributed by atoms with Crippen LogP contribution in [0.15, 0.2) is 24.3 Å². The van der Waals surface area contributed by atoms with Gasteiger partial charge < -0.3 is 10.2 Å². The molecule has 1 N–H and O–H groups in total. The second-order valence-electron chi connectivity index (χ2n) is 4.78. The van der Waals surface area contributed by atoms with E-state index < -0.39 is 11.7 Å². The summed E-state index contributed by atoms with van der Waals surface area (Å²) in [6.45, 7) is 7.12. The van der Waals surface area contributed by atoms with Crippen molar-refractivity contribution in [1.29, 1.82) is 0 Å². The molecule has 0 aliphatic carbocycles. The van der Waals surface area contributed by atoms with Crippen LogP contribution in [0.2, 0.25) is 0 Å². The van der Waals surface area contributed by atoms with Crippen LogP contribution in [0, 0.1) is 0 Å². The Hall–Kier alpha value is -1.07. The molecule has 114 valence electrons. The zero-order valence-electron chi connectivity index (χ0n) is 12.3. The fourth-order valence-electron chi connectivity index (χ4n) is 2.23. The lowest BCUT2D eigenvalue weighted by Gasteiger charge is -2.23. The van der Waals surface area contributed by atoms with Crippen molar-refractivity contribution in [2.24, 2.45) is 0 Å². The van der Waals surface area contributed by atoms with Crippen LogP contribution in [-0.4, -0.2) is 31.6 Å². The standard InChI is InChI=1S/C15H23F3N2/c1-4-20(5-2)11-10-14(19-3)12-6-8-13(9-7-12)15(16,17)18/h6-9,14,19H,4-5,10-11H2,1-3H3. The minimum absolute atomic E-state index is 0.0814. The number of rotatable bonds is 7. The molecule has 1 aromatic carbocycles. The molecule has 0 saturated heterocycles. The van der Waals surface area contributed by atoms with E-state index in [4.69, 9.17) is 0 Å². The molecule has 1 aromatic rings. The molecule has 2 nitrogen and oxygen atoms in total. The smallest absolute Gasteiger partial charge is 0.313 e. The number of hydrogen-bond acceptors (Lipinski definition) is 2. The molecule has 0 aliphatic heterocycles. The predicted octanol–water partition coefficient (Wildman–Crippen LogP) is 3.70. The normalized spacial score (nSPS) is 13.8. The molecule has 0 saturated carbocycles. The van der Waals surface area contributed by atoms with Gasteiger partial charge in [0.15, 0.2) is 0 Å². The Bertz CT molecular complexity index is 383. The first-order valence-electron chi connectivity index (χ1n) is 6.99. The molecular formula is C15H23F3N2. The van der Waals surface area contributed by atoms with Gasteiger partial charge in [-0.25, -0.2) is 0 Å². The molecule has 1 atom stereocenters. The fourth-order valence-corrected chi connectivity index (χ4v) is 2.23. The summed E-state index contributed by atoms with van der Waals surface area (Å²) in [5.74, 6) is 0. The van der Waals surface area contributed by atoms with Crippen molar-refractivity contribution < 1.29 is 13.2 Å². The van der Waals surface area contributed by atoms with Gasteiger partial charge in [0.05, 0.1) is 5.56 Å². The summed E-state index contributed by atoms with van der Waals surface area (Å²) in [4.78, 5) is 2.30. The monoisotopic (exact) mass is 288 g/mol. The van der Waals surface area contributed by atoms with E-state index in [2.05, 4.69) is 24.1 Å². The third-order valence-corrected chi connectivity index (χ3v) is 3.62. The fraction of sp³-hybridized carbons (Fsp3) is 0.600. The topological polar surface area (TPSA) is 15.3 Å². The Morgan fingerprint density at radius 3 is 2.05 bits per heavy atom. The maximum Gasteiger partial charge on any atom is 0.416 e. The summed E-state index contributed by atoms with van der Waals surface area (Å²) in [6.07, 6.45) is -3.39. The third kappa shape index (κ3) is 4.80. The first-order valence-corrected chi connectivity index (χ1v) is 6.99. The number of benzene rings is 1. The Morgan fingerprint density at radius 1 is 1.10 bits per heavy atom. The summed E-state index contributed by atoms with van der Waals surface area (Å²) < 4.78 is 37.6. The van der Waals surface area contributed by atoms with Crippen molar-refractivity contribution in [3.05, 3.63) is 35.4 Å². The van der Waals surface area contributed by atoms with Gasteiger partial charge in [-0.2, -0.15) is 13.2 Å². The second-order valence-corrected chi connectivity index (χ2v) is 4.78. The quantitative estimate of drug-likeness (QED) is 0.823. The summed E-state index contributed by atoms with van der Waals surface area (Å²) in [5.41, 5.74) is 0.299. The van der Waals surface area contributed by atoms with E-state index in [0.717, 1.165) is 43.8 Å². The molecule has 0 amide bonds. The van der Waals surface area contributed by atoms with Gasteiger partial charge in [0.25, 0.3) is 0 Å². The summed E-state index contributed by atoms with van der Waals surface area (Å²) in [6, 6.07) is 5.50. The molecule has 1 unspecified atom stereocenters. The highest BCUT2D eigenvalue weighted by atomic mass is 19.4. The number of hydrogen-bond donors (Lipinski definition) is 1. The van der Waals surface area contributed by atoms with Crippen LogP contribution in [0.4, 0.5) is 13.2 Å². The van der Waals surface area contributed by atoms with Crippen LogP contribution in [0.1, 0.15) is 37.4 Å². The minimum Gasteiger partial charge on any atom is -0.313 e. The first kappa shape index (κ1) is 17.0. The van der Waals surface area contributed by atoms with Gasteiger partial charge in [-0.1, -0.05) is 26.0 Å². The molecule has 0 aromatic heterocycles. The molecule has 20 heavy (non-hydrogen) atoms. The first-order chi connectivity index (χ1) is 9.42. The molecule has 0 bridgehead atoms. The van der Waals surface area contributed by atoms with Crippen molar-refractivity contribution in [2.75, 3.05) is 26.7 Å². The van der Waals surface area contributed by atoms with E-state index in [1.54, 1.807) is 12.1 Å². The van der Waals surface area contributed by atoms with Crippen molar-refractivity contribution in [3.8, 4) is 0 Å². The summed E-state index contributed by atoms with van der Waals surface area (Å²) in [5, 5.41) is 3.17. The van der Waals surface area contributed by atoms with Gasteiger partial charge in [-0.15, -0.1) is 0 Å². The lowest BCUT2D eigenvalue weighted by molar-refractivity contribution is -0.137. The highest BCUT2D eigenvalue weighted by molar-refractivity contribution is 5.26. The lowest BCUT2D eigenvalue weighted by Crippen LogP contribution is -2.28. The van der Waals surface area contributed by atoms with Crippen LogP contribution in [0.3, 0.4) is 0 Å². The van der Waals surface area contributed by atoms with E-state index in [-0.39, 0.29) is 6.04 Å². The molecule has 0 fully saturated rings. The SMILES string of the molecule is CCN(CC)CCC(NC)c1ccc(C(F)(F)F)cc1. The minimum atomic E-state index is -4.27. The highest BCUT2D eigenvalue weighted by Gasteiger charge is 2.30. The van der Waals surface area contributed by atoms with Crippen LogP contribution in [0.25, 0.3) is 0 Å².